The molecule has 3 heterocycles. The highest BCUT2D eigenvalue weighted by atomic mass is 32.2. The Morgan fingerprint density at radius 1 is 1.18 bits per heavy atom. The van der Waals surface area contributed by atoms with Crippen molar-refractivity contribution in [2.24, 2.45) is 5.41 Å². The summed E-state index contributed by atoms with van der Waals surface area (Å²) in [6, 6.07) is 2.22. The molecule has 1 saturated carbocycles. The topological polar surface area (TPSA) is 138 Å². The molecule has 0 bridgehead atoms. The van der Waals surface area contributed by atoms with E-state index in [0.717, 1.165) is 25.7 Å². The Balaban J connectivity index is 1.46. The lowest BCUT2D eigenvalue weighted by Gasteiger charge is -2.33. The zero-order valence-corrected chi connectivity index (χ0v) is 23.0. The zero-order valence-electron chi connectivity index (χ0n) is 22.2. The van der Waals surface area contributed by atoms with Crippen LogP contribution in [0.5, 0.6) is 0 Å². The predicted molar refractivity (Wildman–Crippen MR) is 140 cm³/mol. The van der Waals surface area contributed by atoms with Gasteiger partial charge in [-0.3, -0.25) is 9.59 Å². The van der Waals surface area contributed by atoms with Crippen molar-refractivity contribution < 1.29 is 27.5 Å². The molecule has 11 nitrogen and oxygen atoms in total. The summed E-state index contributed by atoms with van der Waals surface area (Å²) in [7, 11) is -3.97. The van der Waals surface area contributed by atoms with Crippen molar-refractivity contribution in [3.8, 4) is 0 Å². The number of sulfonamides is 1. The smallest absolute Gasteiger partial charge is 0.318 e. The molecule has 0 radical (unpaired) electrons. The van der Waals surface area contributed by atoms with Gasteiger partial charge >= 0.3 is 6.03 Å². The second-order valence-corrected chi connectivity index (χ2v) is 12.8. The van der Waals surface area contributed by atoms with Crippen molar-refractivity contribution in [1.29, 1.82) is 0 Å². The van der Waals surface area contributed by atoms with E-state index in [0.29, 0.717) is 45.6 Å². The third-order valence-corrected chi connectivity index (χ3v) is 9.89. The van der Waals surface area contributed by atoms with E-state index < -0.39 is 34.1 Å². The van der Waals surface area contributed by atoms with Crippen LogP contribution in [0.15, 0.2) is 29.4 Å². The lowest BCUT2D eigenvalue weighted by Crippen LogP contribution is -2.56. The van der Waals surface area contributed by atoms with E-state index in [2.05, 4.69) is 22.5 Å². The Labute approximate surface area is 224 Å². The summed E-state index contributed by atoms with van der Waals surface area (Å²) in [6.07, 6.45) is 6.70. The van der Waals surface area contributed by atoms with E-state index in [4.69, 9.17) is 4.74 Å². The molecule has 1 aromatic heterocycles. The second kappa shape index (κ2) is 12.1. The van der Waals surface area contributed by atoms with Crippen LogP contribution in [0.4, 0.5) is 4.79 Å². The van der Waals surface area contributed by atoms with Gasteiger partial charge in [0.15, 0.2) is 10.8 Å². The van der Waals surface area contributed by atoms with Crippen LogP contribution < -0.4 is 10.6 Å². The van der Waals surface area contributed by atoms with Crippen LogP contribution in [-0.2, 0) is 24.3 Å². The average molecular weight is 550 g/mol. The molecule has 38 heavy (non-hydrogen) atoms. The number of pyridine rings is 1. The predicted octanol–water partition coefficient (Wildman–Crippen LogP) is 1.69. The lowest BCUT2D eigenvalue weighted by molar-refractivity contribution is -0.129. The van der Waals surface area contributed by atoms with Crippen molar-refractivity contribution in [2.45, 2.75) is 81.9 Å². The number of urea groups is 1. The van der Waals surface area contributed by atoms with Crippen LogP contribution in [0, 0.1) is 5.41 Å². The van der Waals surface area contributed by atoms with Crippen molar-refractivity contribution in [3.63, 3.8) is 0 Å². The molecule has 0 aromatic carbocycles. The molecule has 3 fully saturated rings. The van der Waals surface area contributed by atoms with Crippen LogP contribution in [-0.4, -0.2) is 91.3 Å². The quantitative estimate of drug-likeness (QED) is 0.528. The van der Waals surface area contributed by atoms with Gasteiger partial charge in [-0.15, -0.1) is 0 Å². The highest BCUT2D eigenvalue weighted by molar-refractivity contribution is 7.89. The minimum atomic E-state index is -3.97. The van der Waals surface area contributed by atoms with E-state index in [1.807, 2.05) is 0 Å². The summed E-state index contributed by atoms with van der Waals surface area (Å²) in [5.41, 5.74) is -0.0736. The fourth-order valence-corrected chi connectivity index (χ4v) is 7.20. The third-order valence-electron chi connectivity index (χ3n) is 8.01. The summed E-state index contributed by atoms with van der Waals surface area (Å²) < 4.78 is 32.9. The standard InChI is InChI=1S/C26H39N5O6S/c1-19-8-9-20(22(32)18-31(19)38(35,36)23-7-3-6-12-27-23)28-24(33)21(17-26(2)10-4-5-11-26)29-25(34)30-13-15-37-16-14-30/h3,6-7,12,19-21H,4-5,8-11,13-18H2,1-2H3,(H,28,33)(H,29,34)/t19-,20+,21+/m1/s1. The number of ketones is 1. The maximum absolute atomic E-state index is 13.5. The van der Waals surface area contributed by atoms with Crippen molar-refractivity contribution >= 4 is 27.7 Å². The molecule has 3 aliphatic rings. The molecule has 0 spiro atoms. The number of morpholine rings is 1. The summed E-state index contributed by atoms with van der Waals surface area (Å²) in [5.74, 6) is -0.792. The minimum Gasteiger partial charge on any atom is -0.378 e. The van der Waals surface area contributed by atoms with Gasteiger partial charge in [-0.1, -0.05) is 25.8 Å². The van der Waals surface area contributed by atoms with Gasteiger partial charge in [0.2, 0.25) is 5.91 Å². The largest absolute Gasteiger partial charge is 0.378 e. The number of rotatable bonds is 7. The Morgan fingerprint density at radius 3 is 2.55 bits per heavy atom. The van der Waals surface area contributed by atoms with Crippen molar-refractivity contribution in [3.05, 3.63) is 24.4 Å². The fourth-order valence-electron chi connectivity index (χ4n) is 5.64. The molecule has 210 valence electrons. The number of carbonyl (C=O) groups is 3. The average Bonchev–Trinajstić information content (AvgIpc) is 3.29. The van der Waals surface area contributed by atoms with Gasteiger partial charge in [-0.2, -0.15) is 4.31 Å². The minimum absolute atomic E-state index is 0.0736. The molecule has 0 unspecified atom stereocenters. The molecule has 1 aliphatic carbocycles. The maximum Gasteiger partial charge on any atom is 0.318 e. The molecule has 12 heteroatoms. The van der Waals surface area contributed by atoms with Crippen molar-refractivity contribution in [1.82, 2.24) is 24.8 Å². The van der Waals surface area contributed by atoms with Gasteiger partial charge in [0.25, 0.3) is 10.0 Å². The van der Waals surface area contributed by atoms with Gasteiger partial charge in [0.1, 0.15) is 6.04 Å². The first-order valence-electron chi connectivity index (χ1n) is 13.5. The number of ether oxygens (including phenoxy) is 1. The number of nitrogens with zero attached hydrogens (tertiary/aromatic N) is 3. The first kappa shape index (κ1) is 28.4. The maximum atomic E-state index is 13.5. The van der Waals surface area contributed by atoms with Gasteiger partial charge < -0.3 is 20.3 Å². The Bertz CT molecular complexity index is 1100. The highest BCUT2D eigenvalue weighted by Gasteiger charge is 2.40. The highest BCUT2D eigenvalue weighted by Crippen LogP contribution is 2.41. The molecule has 2 aliphatic heterocycles. The second-order valence-electron chi connectivity index (χ2n) is 11.0. The molecular weight excluding hydrogens is 510 g/mol. The van der Waals surface area contributed by atoms with Crippen LogP contribution >= 0.6 is 0 Å². The molecule has 3 atom stereocenters. The van der Waals surface area contributed by atoms with E-state index in [-0.39, 0.29) is 28.8 Å². The number of nitrogens with one attached hydrogen (secondary N) is 2. The Hall–Kier alpha value is -2.57. The van der Waals surface area contributed by atoms with Gasteiger partial charge in [0, 0.05) is 25.3 Å². The van der Waals surface area contributed by atoms with E-state index in [1.165, 1.54) is 16.6 Å². The van der Waals surface area contributed by atoms with E-state index in [9.17, 15) is 22.8 Å². The first-order valence-corrected chi connectivity index (χ1v) is 14.9. The number of hydrogen-bond donors (Lipinski definition) is 2. The normalized spacial score (nSPS) is 25.4. The molecule has 2 N–H and O–H groups in total. The van der Waals surface area contributed by atoms with Crippen LogP contribution in [0.2, 0.25) is 0 Å². The van der Waals surface area contributed by atoms with Crippen LogP contribution in [0.1, 0.15) is 58.8 Å². The fraction of sp³-hybridized carbons (Fsp3) is 0.692. The van der Waals surface area contributed by atoms with Crippen molar-refractivity contribution in [2.75, 3.05) is 32.8 Å². The van der Waals surface area contributed by atoms with E-state index >= 15 is 0 Å². The number of Topliss-reactive ketones (excluding diaryl/α,β-unsaturated/α-hetero) is 1. The SMILES string of the molecule is C[C@@H]1CC[C@H](NC(=O)[C@H](CC2(C)CCCC2)NC(=O)N2CCOCC2)C(=O)CN1S(=O)(=O)c1ccccn1. The van der Waals surface area contributed by atoms with Gasteiger partial charge in [-0.25, -0.2) is 18.2 Å². The monoisotopic (exact) mass is 549 g/mol. The van der Waals surface area contributed by atoms with Gasteiger partial charge in [-0.05, 0) is 56.6 Å². The van der Waals surface area contributed by atoms with Crippen LogP contribution in [0.25, 0.3) is 0 Å². The summed E-state index contributed by atoms with van der Waals surface area (Å²) in [6.45, 7) is 5.36. The molecule has 3 amide bonds. The lowest BCUT2D eigenvalue weighted by atomic mass is 9.81. The molecule has 4 rings (SSSR count). The number of aromatic nitrogens is 1. The number of amides is 3. The zero-order chi connectivity index (χ0) is 27.3. The third kappa shape index (κ3) is 6.70. The molecular formula is C26H39N5O6S. The Morgan fingerprint density at radius 2 is 1.89 bits per heavy atom. The van der Waals surface area contributed by atoms with Gasteiger partial charge in [0.05, 0.1) is 25.8 Å². The number of carbonyl (C=O) groups excluding carboxylic acids is 3. The first-order chi connectivity index (χ1) is 18.1. The summed E-state index contributed by atoms with van der Waals surface area (Å²) in [4.78, 5) is 45.3. The molecule has 2 saturated heterocycles. The Kier molecular flexibility index (Phi) is 9.04. The van der Waals surface area contributed by atoms with Crippen LogP contribution in [0.3, 0.4) is 0 Å². The number of hydrogen-bond acceptors (Lipinski definition) is 7. The summed E-state index contributed by atoms with van der Waals surface area (Å²) in [5, 5.41) is 5.66. The molecule has 1 aromatic rings. The summed E-state index contributed by atoms with van der Waals surface area (Å²) >= 11 is 0. The van der Waals surface area contributed by atoms with E-state index in [1.54, 1.807) is 24.0 Å².